The molecule has 3 fully saturated rings. The minimum atomic E-state index is -1.21. The fourth-order valence-electron chi connectivity index (χ4n) is 7.01. The molecule has 2 N–H and O–H groups in total. The first-order valence-electron chi connectivity index (χ1n) is 13.0. The average molecular weight is 580 g/mol. The van der Waals surface area contributed by atoms with Crippen molar-refractivity contribution >= 4 is 33.7 Å². The van der Waals surface area contributed by atoms with Crippen LogP contribution in [0.25, 0.3) is 0 Å². The molecule has 204 valence electrons. The molecule has 9 heteroatoms. The number of likely N-dealkylation sites (tertiary alicyclic amines) is 1. The summed E-state index contributed by atoms with van der Waals surface area (Å²) in [7, 11) is 0. The number of alkyl halides is 1. The summed E-state index contributed by atoms with van der Waals surface area (Å²) in [5.41, 5.74) is -1.11. The van der Waals surface area contributed by atoms with Crippen LogP contribution < -0.4 is 5.32 Å². The number of aliphatic hydroxyl groups excluding tert-OH is 1. The number of rotatable bonds is 8. The van der Waals surface area contributed by atoms with Gasteiger partial charge in [-0.15, -0.1) is 0 Å². The zero-order chi connectivity index (χ0) is 27.3. The number of fused-ring (bicyclic) bond motifs is 1. The summed E-state index contributed by atoms with van der Waals surface area (Å²) in [6, 6.07) is 7.38. The molecule has 8 nitrogen and oxygen atoms in total. The van der Waals surface area contributed by atoms with Crippen molar-refractivity contribution in [3.8, 4) is 0 Å². The van der Waals surface area contributed by atoms with Gasteiger partial charge in [-0.3, -0.25) is 14.4 Å². The van der Waals surface area contributed by atoms with Gasteiger partial charge in [-0.2, -0.15) is 0 Å². The molecule has 37 heavy (non-hydrogen) atoms. The molecule has 3 saturated heterocycles. The van der Waals surface area contributed by atoms with Crippen LogP contribution in [0.2, 0.25) is 0 Å². The third kappa shape index (κ3) is 4.94. The van der Waals surface area contributed by atoms with Crippen molar-refractivity contribution < 1.29 is 29.0 Å². The number of hydrogen-bond acceptors (Lipinski definition) is 6. The smallest absolute Gasteiger partial charge is 0.312 e. The summed E-state index contributed by atoms with van der Waals surface area (Å²) >= 11 is 3.66. The lowest BCUT2D eigenvalue weighted by molar-refractivity contribution is -0.155. The van der Waals surface area contributed by atoms with E-state index in [4.69, 9.17) is 9.47 Å². The highest BCUT2D eigenvalue weighted by atomic mass is 79.9. The fraction of sp³-hybridized carbons (Fsp3) is 0.679. The monoisotopic (exact) mass is 578 g/mol. The van der Waals surface area contributed by atoms with Crippen molar-refractivity contribution in [2.75, 3.05) is 13.2 Å². The topological polar surface area (TPSA) is 105 Å². The predicted octanol–water partition coefficient (Wildman–Crippen LogP) is 3.36. The van der Waals surface area contributed by atoms with Gasteiger partial charge in [-0.05, 0) is 44.6 Å². The number of carbonyl (C=O) groups is 3. The van der Waals surface area contributed by atoms with Crippen molar-refractivity contribution in [1.82, 2.24) is 10.2 Å². The van der Waals surface area contributed by atoms with Crippen LogP contribution in [0, 0.1) is 17.3 Å². The quantitative estimate of drug-likeness (QED) is 0.362. The van der Waals surface area contributed by atoms with Crippen molar-refractivity contribution in [2.24, 2.45) is 17.3 Å². The normalized spacial score (nSPS) is 31.8. The van der Waals surface area contributed by atoms with Crippen LogP contribution in [0.15, 0.2) is 30.3 Å². The zero-order valence-electron chi connectivity index (χ0n) is 22.5. The van der Waals surface area contributed by atoms with Crippen molar-refractivity contribution in [1.29, 1.82) is 0 Å². The van der Waals surface area contributed by atoms with Gasteiger partial charge in [0.1, 0.15) is 11.6 Å². The number of nitrogens with one attached hydrogen (secondary N) is 1. The predicted molar refractivity (Wildman–Crippen MR) is 142 cm³/mol. The van der Waals surface area contributed by atoms with Gasteiger partial charge < -0.3 is 24.8 Å². The molecule has 3 heterocycles. The Morgan fingerprint density at radius 3 is 2.46 bits per heavy atom. The molecule has 1 aromatic carbocycles. The first-order valence-corrected chi connectivity index (χ1v) is 14.0. The van der Waals surface area contributed by atoms with E-state index in [1.54, 1.807) is 6.92 Å². The minimum Gasteiger partial charge on any atom is -0.466 e. The second kappa shape index (κ2) is 9.97. The van der Waals surface area contributed by atoms with Gasteiger partial charge in [0.15, 0.2) is 0 Å². The Morgan fingerprint density at radius 2 is 1.89 bits per heavy atom. The largest absolute Gasteiger partial charge is 0.466 e. The third-order valence-electron chi connectivity index (χ3n) is 7.66. The van der Waals surface area contributed by atoms with E-state index in [1.165, 1.54) is 4.90 Å². The highest BCUT2D eigenvalue weighted by Gasteiger charge is 2.77. The Kier molecular flexibility index (Phi) is 7.56. The highest BCUT2D eigenvalue weighted by Crippen LogP contribution is 2.61. The van der Waals surface area contributed by atoms with E-state index in [0.717, 1.165) is 0 Å². The summed E-state index contributed by atoms with van der Waals surface area (Å²) < 4.78 is 11.9. The second-order valence-corrected chi connectivity index (χ2v) is 13.6. The third-order valence-corrected chi connectivity index (χ3v) is 8.51. The van der Waals surface area contributed by atoms with Gasteiger partial charge in [0.2, 0.25) is 11.8 Å². The van der Waals surface area contributed by atoms with E-state index < -0.39 is 47.1 Å². The maximum Gasteiger partial charge on any atom is 0.312 e. The van der Waals surface area contributed by atoms with Crippen molar-refractivity contribution in [3.05, 3.63) is 35.9 Å². The molecule has 4 rings (SSSR count). The maximum absolute atomic E-state index is 14.2. The Morgan fingerprint density at radius 1 is 1.24 bits per heavy atom. The molecular formula is C28H39BrN2O6. The van der Waals surface area contributed by atoms with Gasteiger partial charge in [0.25, 0.3) is 0 Å². The number of ether oxygens (including phenoxy) is 2. The van der Waals surface area contributed by atoms with E-state index in [9.17, 15) is 19.5 Å². The van der Waals surface area contributed by atoms with Crippen LogP contribution in [0.4, 0.5) is 0 Å². The van der Waals surface area contributed by atoms with Crippen LogP contribution in [0.5, 0.6) is 0 Å². The molecular weight excluding hydrogens is 540 g/mol. The first-order chi connectivity index (χ1) is 17.3. The summed E-state index contributed by atoms with van der Waals surface area (Å²) in [6.07, 6.45) is 0.531. The number of aliphatic hydroxyl groups is 1. The van der Waals surface area contributed by atoms with Gasteiger partial charge in [0, 0.05) is 10.4 Å². The van der Waals surface area contributed by atoms with Crippen LogP contribution >= 0.6 is 15.9 Å². The SMILES string of the molecule is CCOC(=O)[C@H]1[C@@H]2OC3(CC2Br)C(C(=O)NC(C)(C)CC(C)(C)C)N([C@H](CO)c2ccccc2)C(=O)[C@H]13. The Hall–Kier alpha value is -1.97. The number of benzene rings is 1. The van der Waals surface area contributed by atoms with Crippen LogP contribution in [-0.2, 0) is 23.9 Å². The maximum atomic E-state index is 14.2. The van der Waals surface area contributed by atoms with Crippen LogP contribution in [0.3, 0.4) is 0 Å². The molecule has 0 radical (unpaired) electrons. The molecule has 0 saturated carbocycles. The van der Waals surface area contributed by atoms with E-state index in [2.05, 4.69) is 42.0 Å². The molecule has 2 bridgehead atoms. The van der Waals surface area contributed by atoms with E-state index >= 15 is 0 Å². The van der Waals surface area contributed by atoms with Gasteiger partial charge in [-0.25, -0.2) is 0 Å². The molecule has 1 spiro atoms. The Balaban J connectivity index is 1.80. The molecule has 3 unspecified atom stereocenters. The number of esters is 1. The summed E-state index contributed by atoms with van der Waals surface area (Å²) in [5.74, 6) is -2.90. The molecule has 0 aromatic heterocycles. The number of carbonyl (C=O) groups excluding carboxylic acids is 3. The highest BCUT2D eigenvalue weighted by molar-refractivity contribution is 9.09. The number of hydrogen-bond donors (Lipinski definition) is 2. The van der Waals surface area contributed by atoms with Crippen molar-refractivity contribution in [2.45, 2.75) is 88.5 Å². The van der Waals surface area contributed by atoms with E-state index in [1.807, 2.05) is 44.2 Å². The van der Waals surface area contributed by atoms with Crippen LogP contribution in [0.1, 0.15) is 66.0 Å². The average Bonchev–Trinajstić information content (AvgIpc) is 3.37. The molecule has 3 aliphatic rings. The van der Waals surface area contributed by atoms with Gasteiger partial charge in [-0.1, -0.05) is 67.0 Å². The zero-order valence-corrected chi connectivity index (χ0v) is 24.1. The lowest BCUT2D eigenvalue weighted by Crippen LogP contribution is -2.60. The molecule has 3 aliphatic heterocycles. The molecule has 0 aliphatic carbocycles. The number of nitrogens with zero attached hydrogens (tertiary/aromatic N) is 1. The summed E-state index contributed by atoms with van der Waals surface area (Å²) in [4.78, 5) is 42.8. The first kappa shape index (κ1) is 28.0. The Bertz CT molecular complexity index is 1040. The van der Waals surface area contributed by atoms with Crippen LogP contribution in [-0.4, -0.2) is 69.1 Å². The second-order valence-electron chi connectivity index (χ2n) is 12.4. The lowest BCUT2D eigenvalue weighted by Gasteiger charge is -2.40. The fourth-order valence-corrected chi connectivity index (χ4v) is 7.95. The van der Waals surface area contributed by atoms with Gasteiger partial charge in [0.05, 0.1) is 37.2 Å². The summed E-state index contributed by atoms with van der Waals surface area (Å²) in [5, 5.41) is 13.7. The minimum absolute atomic E-state index is 0.0429. The Labute approximate surface area is 227 Å². The van der Waals surface area contributed by atoms with Gasteiger partial charge >= 0.3 is 5.97 Å². The molecule has 2 amide bonds. The number of halogens is 1. The van der Waals surface area contributed by atoms with Crippen molar-refractivity contribution in [3.63, 3.8) is 0 Å². The summed E-state index contributed by atoms with van der Waals surface area (Å²) in [6.45, 7) is 11.8. The molecule has 1 aromatic rings. The number of amides is 2. The van der Waals surface area contributed by atoms with E-state index in [-0.39, 0.29) is 35.3 Å². The standard InChI is InChI=1S/C28H39BrN2O6/c1-7-36-25(35)19-20-24(34)31(18(14-32)16-11-9-8-10-12-16)22(28(20)13-17(29)21(19)37-28)23(33)30-27(5,6)15-26(2,3)4/h8-12,17-22,32H,7,13-15H2,1-6H3,(H,30,33)/t17?,18-,19-,20+,21-,22?,28?/m1/s1. The lowest BCUT2D eigenvalue weighted by atomic mass is 9.70. The van der Waals surface area contributed by atoms with E-state index in [0.29, 0.717) is 18.4 Å². The molecule has 7 atom stereocenters.